The zero-order valence-corrected chi connectivity index (χ0v) is 10.7. The zero-order chi connectivity index (χ0) is 13.7. The van der Waals surface area contributed by atoms with Crippen LogP contribution in [-0.2, 0) is 14.4 Å². The summed E-state index contributed by atoms with van der Waals surface area (Å²) in [5, 5.41) is 10.8. The maximum absolute atomic E-state index is 11.9. The Morgan fingerprint density at radius 1 is 1.50 bits per heavy atom. The van der Waals surface area contributed by atoms with Crippen molar-refractivity contribution < 1.29 is 19.5 Å². The van der Waals surface area contributed by atoms with Crippen molar-refractivity contribution >= 4 is 30.4 Å². The predicted molar refractivity (Wildman–Crippen MR) is 67.2 cm³/mol. The molecule has 0 aromatic rings. The van der Waals surface area contributed by atoms with Crippen LogP contribution in [0.3, 0.4) is 0 Å². The van der Waals surface area contributed by atoms with Crippen molar-refractivity contribution in [3.05, 3.63) is 0 Å². The SMILES string of the molecule is N[C@@H](CS)C(=O)N1CCC[C@H]1C(=O)NCC(=O)O. The van der Waals surface area contributed by atoms with Gasteiger partial charge in [-0.2, -0.15) is 12.6 Å². The standard InChI is InChI=1S/C10H17N3O4S/c11-6(5-18)10(17)13-3-1-2-7(13)9(16)12-4-8(14)15/h6-7,18H,1-5,11H2,(H,12,16)(H,14,15)/t6-,7-/m0/s1. The van der Waals surface area contributed by atoms with Crippen LogP contribution < -0.4 is 11.1 Å². The first-order valence-electron chi connectivity index (χ1n) is 5.63. The van der Waals surface area contributed by atoms with Crippen molar-refractivity contribution in [2.75, 3.05) is 18.8 Å². The minimum absolute atomic E-state index is 0.207. The Hall–Kier alpha value is -1.28. The number of carboxylic acids is 1. The molecule has 7 nitrogen and oxygen atoms in total. The molecule has 0 unspecified atom stereocenters. The molecule has 1 fully saturated rings. The van der Waals surface area contributed by atoms with E-state index in [1.165, 1.54) is 4.90 Å². The smallest absolute Gasteiger partial charge is 0.322 e. The lowest BCUT2D eigenvalue weighted by atomic mass is 10.2. The van der Waals surface area contributed by atoms with Gasteiger partial charge in [-0.05, 0) is 12.8 Å². The number of carbonyl (C=O) groups excluding carboxylic acids is 2. The van der Waals surface area contributed by atoms with E-state index in [1.54, 1.807) is 0 Å². The highest BCUT2D eigenvalue weighted by atomic mass is 32.1. The second-order valence-corrected chi connectivity index (χ2v) is 4.46. The van der Waals surface area contributed by atoms with Crippen LogP contribution in [-0.4, -0.2) is 58.7 Å². The molecule has 1 heterocycles. The summed E-state index contributed by atoms with van der Waals surface area (Å²) < 4.78 is 0. The topological polar surface area (TPSA) is 113 Å². The molecule has 1 rings (SSSR count). The summed E-state index contributed by atoms with van der Waals surface area (Å²) >= 11 is 3.95. The monoisotopic (exact) mass is 275 g/mol. The van der Waals surface area contributed by atoms with E-state index >= 15 is 0 Å². The van der Waals surface area contributed by atoms with Gasteiger partial charge in [-0.3, -0.25) is 14.4 Å². The van der Waals surface area contributed by atoms with Gasteiger partial charge in [0.1, 0.15) is 12.6 Å². The van der Waals surface area contributed by atoms with E-state index in [4.69, 9.17) is 10.8 Å². The van der Waals surface area contributed by atoms with E-state index in [1.807, 2.05) is 0 Å². The third-order valence-electron chi connectivity index (χ3n) is 2.77. The average Bonchev–Trinajstić information content (AvgIpc) is 2.82. The summed E-state index contributed by atoms with van der Waals surface area (Å²) in [5.41, 5.74) is 5.59. The Morgan fingerprint density at radius 3 is 2.72 bits per heavy atom. The van der Waals surface area contributed by atoms with Crippen molar-refractivity contribution in [3.8, 4) is 0 Å². The van der Waals surface area contributed by atoms with Crippen molar-refractivity contribution in [2.45, 2.75) is 24.9 Å². The number of hydrogen-bond donors (Lipinski definition) is 4. The summed E-state index contributed by atoms with van der Waals surface area (Å²) in [6.45, 7) is 0.0153. The molecule has 4 N–H and O–H groups in total. The number of likely N-dealkylation sites (tertiary alicyclic amines) is 1. The molecule has 0 aromatic heterocycles. The molecule has 1 aliphatic heterocycles. The van der Waals surface area contributed by atoms with E-state index in [0.717, 1.165) is 0 Å². The van der Waals surface area contributed by atoms with Gasteiger partial charge in [0.15, 0.2) is 0 Å². The van der Waals surface area contributed by atoms with Crippen LogP contribution in [0.25, 0.3) is 0 Å². The van der Waals surface area contributed by atoms with Gasteiger partial charge < -0.3 is 21.1 Å². The molecular formula is C10H17N3O4S. The van der Waals surface area contributed by atoms with E-state index in [0.29, 0.717) is 19.4 Å². The molecule has 0 saturated carbocycles. The van der Waals surface area contributed by atoms with E-state index < -0.39 is 30.5 Å². The largest absolute Gasteiger partial charge is 0.480 e. The minimum atomic E-state index is -1.12. The van der Waals surface area contributed by atoms with Crippen molar-refractivity contribution in [3.63, 3.8) is 0 Å². The van der Waals surface area contributed by atoms with Crippen LogP contribution in [0.15, 0.2) is 0 Å². The third-order valence-corrected chi connectivity index (χ3v) is 3.16. The first kappa shape index (κ1) is 14.8. The third kappa shape index (κ3) is 3.61. The highest BCUT2D eigenvalue weighted by molar-refractivity contribution is 7.80. The quantitative estimate of drug-likeness (QED) is 0.453. The fourth-order valence-corrected chi connectivity index (χ4v) is 2.03. The summed E-state index contributed by atoms with van der Waals surface area (Å²) in [7, 11) is 0. The Balaban J connectivity index is 2.61. The second-order valence-electron chi connectivity index (χ2n) is 4.09. The summed E-state index contributed by atoms with van der Waals surface area (Å²) in [5.74, 6) is -1.68. The molecule has 1 saturated heterocycles. The molecule has 0 aromatic carbocycles. The maximum Gasteiger partial charge on any atom is 0.322 e. The Kier molecular flexibility index (Phi) is 5.42. The summed E-state index contributed by atoms with van der Waals surface area (Å²) in [6, 6.07) is -1.36. The molecule has 2 amide bonds. The lowest BCUT2D eigenvalue weighted by Crippen LogP contribution is -2.52. The van der Waals surface area contributed by atoms with E-state index in [-0.39, 0.29) is 11.7 Å². The fraction of sp³-hybridized carbons (Fsp3) is 0.700. The number of nitrogens with zero attached hydrogens (tertiary/aromatic N) is 1. The highest BCUT2D eigenvalue weighted by Gasteiger charge is 2.35. The Bertz CT molecular complexity index is 350. The van der Waals surface area contributed by atoms with Crippen molar-refractivity contribution in [1.82, 2.24) is 10.2 Å². The van der Waals surface area contributed by atoms with Crippen LogP contribution in [0, 0.1) is 0 Å². The fourth-order valence-electron chi connectivity index (χ4n) is 1.87. The lowest BCUT2D eigenvalue weighted by molar-refractivity contribution is -0.141. The first-order chi connectivity index (χ1) is 8.47. The molecule has 102 valence electrons. The molecular weight excluding hydrogens is 258 g/mol. The molecule has 0 bridgehead atoms. The molecule has 0 aliphatic carbocycles. The number of hydrogen-bond acceptors (Lipinski definition) is 5. The van der Waals surface area contributed by atoms with Crippen molar-refractivity contribution in [2.24, 2.45) is 5.73 Å². The van der Waals surface area contributed by atoms with Crippen LogP contribution in [0.1, 0.15) is 12.8 Å². The van der Waals surface area contributed by atoms with Gasteiger partial charge >= 0.3 is 5.97 Å². The van der Waals surface area contributed by atoms with E-state index in [2.05, 4.69) is 17.9 Å². The summed E-state index contributed by atoms with van der Waals surface area (Å²) in [4.78, 5) is 35.4. The number of rotatable bonds is 5. The Labute approximate surface area is 110 Å². The highest BCUT2D eigenvalue weighted by Crippen LogP contribution is 2.18. The molecule has 2 atom stereocenters. The second kappa shape index (κ2) is 6.60. The van der Waals surface area contributed by atoms with Gasteiger partial charge in [-0.1, -0.05) is 0 Å². The summed E-state index contributed by atoms with van der Waals surface area (Å²) in [6.07, 6.45) is 1.23. The number of carboxylic acid groups (broad SMARTS) is 1. The molecule has 0 radical (unpaired) electrons. The normalized spacial score (nSPS) is 20.6. The number of amides is 2. The number of carbonyl (C=O) groups is 3. The Morgan fingerprint density at radius 2 is 2.17 bits per heavy atom. The van der Waals surface area contributed by atoms with Gasteiger partial charge in [0.05, 0.1) is 6.04 Å². The number of aliphatic carboxylic acids is 1. The number of nitrogens with two attached hydrogens (primary N) is 1. The zero-order valence-electron chi connectivity index (χ0n) is 9.83. The van der Waals surface area contributed by atoms with Gasteiger partial charge in [-0.25, -0.2) is 0 Å². The van der Waals surface area contributed by atoms with Crippen LogP contribution in [0.5, 0.6) is 0 Å². The number of thiol groups is 1. The van der Waals surface area contributed by atoms with Crippen LogP contribution in [0.4, 0.5) is 0 Å². The lowest BCUT2D eigenvalue weighted by Gasteiger charge is -2.25. The average molecular weight is 275 g/mol. The molecule has 18 heavy (non-hydrogen) atoms. The molecule has 1 aliphatic rings. The predicted octanol–water partition coefficient (Wildman–Crippen LogP) is -1.56. The van der Waals surface area contributed by atoms with Gasteiger partial charge in [0.2, 0.25) is 11.8 Å². The van der Waals surface area contributed by atoms with Crippen LogP contribution in [0.2, 0.25) is 0 Å². The van der Waals surface area contributed by atoms with Crippen LogP contribution >= 0.6 is 12.6 Å². The molecule has 0 spiro atoms. The van der Waals surface area contributed by atoms with Gasteiger partial charge in [-0.15, -0.1) is 0 Å². The van der Waals surface area contributed by atoms with Crippen molar-refractivity contribution in [1.29, 1.82) is 0 Å². The maximum atomic E-state index is 11.9. The first-order valence-corrected chi connectivity index (χ1v) is 6.27. The minimum Gasteiger partial charge on any atom is -0.480 e. The molecule has 8 heteroatoms. The van der Waals surface area contributed by atoms with Gasteiger partial charge in [0.25, 0.3) is 0 Å². The number of nitrogens with one attached hydrogen (secondary N) is 1. The van der Waals surface area contributed by atoms with Gasteiger partial charge in [0, 0.05) is 12.3 Å². The van der Waals surface area contributed by atoms with E-state index in [9.17, 15) is 14.4 Å².